The summed E-state index contributed by atoms with van der Waals surface area (Å²) in [6, 6.07) is 13.2. The Morgan fingerprint density at radius 2 is 1.88 bits per heavy atom. The molecule has 0 fully saturated rings. The fourth-order valence-electron chi connectivity index (χ4n) is 3.02. The molecule has 3 rings (SSSR count). The van der Waals surface area contributed by atoms with Crippen LogP contribution >= 0.6 is 0 Å². The smallest absolute Gasteiger partial charge is 0.268 e. The van der Waals surface area contributed by atoms with Gasteiger partial charge in [-0.05, 0) is 36.1 Å². The zero-order valence-electron chi connectivity index (χ0n) is 14.3. The van der Waals surface area contributed by atoms with Gasteiger partial charge in [-0.15, -0.1) is 0 Å². The number of ether oxygens (including phenoxy) is 1. The first-order chi connectivity index (χ1) is 11.5. The second-order valence-electron chi connectivity index (χ2n) is 6.44. The van der Waals surface area contributed by atoms with Crippen molar-refractivity contribution in [2.75, 3.05) is 11.4 Å². The molecule has 0 saturated heterocycles. The van der Waals surface area contributed by atoms with Gasteiger partial charge >= 0.3 is 0 Å². The van der Waals surface area contributed by atoms with Gasteiger partial charge in [-0.1, -0.05) is 38.1 Å². The van der Waals surface area contributed by atoms with Gasteiger partial charge in [0.05, 0.1) is 5.69 Å². The minimum atomic E-state index is -0.566. The quantitative estimate of drug-likeness (QED) is 0.928. The molecule has 1 atom stereocenters. The summed E-state index contributed by atoms with van der Waals surface area (Å²) in [5.74, 6) is 1.14. The van der Waals surface area contributed by atoms with E-state index in [1.165, 1.54) is 5.56 Å². The van der Waals surface area contributed by atoms with Crippen LogP contribution in [0.5, 0.6) is 11.5 Å². The fourth-order valence-corrected chi connectivity index (χ4v) is 3.02. The molecular weight excluding hydrogens is 302 g/mol. The predicted octanol–water partition coefficient (Wildman–Crippen LogP) is 3.87. The van der Waals surface area contributed by atoms with Crippen molar-refractivity contribution in [3.05, 3.63) is 53.6 Å². The minimum absolute atomic E-state index is 0.0383. The number of nitrogens with zero attached hydrogens (tertiary/aromatic N) is 1. The van der Waals surface area contributed by atoms with Crippen LogP contribution in [0.2, 0.25) is 0 Å². The lowest BCUT2D eigenvalue weighted by Gasteiger charge is -2.34. The monoisotopic (exact) mass is 325 g/mol. The van der Waals surface area contributed by atoms with E-state index in [0.717, 1.165) is 5.56 Å². The summed E-state index contributed by atoms with van der Waals surface area (Å²) >= 11 is 0. The average molecular weight is 325 g/mol. The van der Waals surface area contributed by atoms with Crippen LogP contribution in [0.4, 0.5) is 5.69 Å². The molecule has 0 radical (unpaired) electrons. The summed E-state index contributed by atoms with van der Waals surface area (Å²) in [5.41, 5.74) is 3.06. The molecule has 1 aliphatic heterocycles. The van der Waals surface area contributed by atoms with E-state index >= 15 is 0 Å². The number of carbonyl (C=O) groups is 1. The molecule has 24 heavy (non-hydrogen) atoms. The lowest BCUT2D eigenvalue weighted by Crippen LogP contribution is -2.46. The Morgan fingerprint density at radius 3 is 2.50 bits per heavy atom. The molecule has 2 aromatic rings. The largest absolute Gasteiger partial charge is 0.508 e. The molecule has 0 aliphatic carbocycles. The van der Waals surface area contributed by atoms with E-state index in [9.17, 15) is 9.90 Å². The van der Waals surface area contributed by atoms with Crippen LogP contribution in [0.15, 0.2) is 42.5 Å². The zero-order valence-corrected chi connectivity index (χ0v) is 14.3. The van der Waals surface area contributed by atoms with Crippen molar-refractivity contribution >= 4 is 11.6 Å². The summed E-state index contributed by atoms with van der Waals surface area (Å²) in [6.45, 7) is 6.83. The highest BCUT2D eigenvalue weighted by atomic mass is 16.5. The van der Waals surface area contributed by atoms with Crippen LogP contribution in [0.3, 0.4) is 0 Å². The van der Waals surface area contributed by atoms with Gasteiger partial charge in [-0.25, -0.2) is 0 Å². The van der Waals surface area contributed by atoms with Crippen molar-refractivity contribution in [1.29, 1.82) is 0 Å². The number of phenols is 1. The van der Waals surface area contributed by atoms with Gasteiger partial charge in [0.1, 0.15) is 11.5 Å². The van der Waals surface area contributed by atoms with Gasteiger partial charge in [0.15, 0.2) is 6.10 Å². The lowest BCUT2D eigenvalue weighted by atomic mass is 9.99. The van der Waals surface area contributed by atoms with E-state index in [1.54, 1.807) is 23.1 Å². The number of carbonyl (C=O) groups excluding carboxylic acids is 1. The number of likely N-dealkylation sites (N-methyl/N-ethyl adjacent to an activating group) is 1. The van der Waals surface area contributed by atoms with Gasteiger partial charge in [0, 0.05) is 19.0 Å². The van der Waals surface area contributed by atoms with Crippen molar-refractivity contribution in [1.82, 2.24) is 0 Å². The van der Waals surface area contributed by atoms with E-state index in [2.05, 4.69) is 38.1 Å². The highest BCUT2D eigenvalue weighted by Crippen LogP contribution is 2.37. The summed E-state index contributed by atoms with van der Waals surface area (Å²) in [6.07, 6.45) is -0.0489. The second kappa shape index (κ2) is 6.56. The third-order valence-corrected chi connectivity index (χ3v) is 4.43. The van der Waals surface area contributed by atoms with Crippen molar-refractivity contribution in [2.45, 2.75) is 39.2 Å². The number of hydrogen-bond donors (Lipinski definition) is 1. The summed E-state index contributed by atoms with van der Waals surface area (Å²) in [7, 11) is 0. The maximum Gasteiger partial charge on any atom is 0.268 e. The first-order valence-electron chi connectivity index (χ1n) is 8.39. The van der Waals surface area contributed by atoms with Crippen LogP contribution in [0.1, 0.15) is 37.8 Å². The number of aromatic hydroxyl groups is 1. The number of benzene rings is 2. The Morgan fingerprint density at radius 1 is 1.17 bits per heavy atom. The van der Waals surface area contributed by atoms with E-state index in [-0.39, 0.29) is 11.7 Å². The number of fused-ring (bicyclic) bond motifs is 1. The van der Waals surface area contributed by atoms with Crippen LogP contribution in [0.25, 0.3) is 0 Å². The first kappa shape index (κ1) is 16.4. The Bertz CT molecular complexity index is 737. The standard InChI is InChI=1S/C20H23NO3/c1-4-21-17-10-9-16(22)12-18(17)24-19(20(21)23)11-14-5-7-15(8-6-14)13(2)3/h5-10,12-13,19,22H,4,11H2,1-3H3. The van der Waals surface area contributed by atoms with Crippen molar-refractivity contribution in [2.24, 2.45) is 0 Å². The topological polar surface area (TPSA) is 49.8 Å². The molecule has 1 unspecified atom stereocenters. The molecule has 1 heterocycles. The molecule has 0 bridgehead atoms. The highest BCUT2D eigenvalue weighted by Gasteiger charge is 2.33. The zero-order chi connectivity index (χ0) is 17.3. The third kappa shape index (κ3) is 3.09. The van der Waals surface area contributed by atoms with Crippen LogP contribution in [-0.4, -0.2) is 23.7 Å². The third-order valence-electron chi connectivity index (χ3n) is 4.43. The van der Waals surface area contributed by atoms with Crippen molar-refractivity contribution in [3.63, 3.8) is 0 Å². The van der Waals surface area contributed by atoms with E-state index in [1.807, 2.05) is 6.92 Å². The molecule has 1 amide bonds. The number of amides is 1. The fraction of sp³-hybridized carbons (Fsp3) is 0.350. The normalized spacial score (nSPS) is 16.9. The average Bonchev–Trinajstić information content (AvgIpc) is 2.56. The minimum Gasteiger partial charge on any atom is -0.508 e. The SMILES string of the molecule is CCN1C(=O)C(Cc2ccc(C(C)C)cc2)Oc2cc(O)ccc21. The van der Waals surface area contributed by atoms with E-state index in [0.29, 0.717) is 30.3 Å². The Balaban J connectivity index is 1.84. The molecule has 1 aliphatic rings. The summed E-state index contributed by atoms with van der Waals surface area (Å²) in [4.78, 5) is 14.4. The summed E-state index contributed by atoms with van der Waals surface area (Å²) < 4.78 is 5.89. The van der Waals surface area contributed by atoms with Crippen LogP contribution in [-0.2, 0) is 11.2 Å². The maximum absolute atomic E-state index is 12.7. The van der Waals surface area contributed by atoms with Gasteiger partial charge in [-0.2, -0.15) is 0 Å². The first-order valence-corrected chi connectivity index (χ1v) is 8.39. The van der Waals surface area contributed by atoms with E-state index < -0.39 is 6.10 Å². The maximum atomic E-state index is 12.7. The molecule has 4 heteroatoms. The number of hydrogen-bond acceptors (Lipinski definition) is 3. The number of phenolic OH excluding ortho intramolecular Hbond substituents is 1. The highest BCUT2D eigenvalue weighted by molar-refractivity contribution is 6.00. The predicted molar refractivity (Wildman–Crippen MR) is 94.8 cm³/mol. The molecule has 126 valence electrons. The number of rotatable bonds is 4. The molecule has 1 N–H and O–H groups in total. The lowest BCUT2D eigenvalue weighted by molar-refractivity contribution is -0.126. The van der Waals surface area contributed by atoms with Crippen LogP contribution < -0.4 is 9.64 Å². The Kier molecular flexibility index (Phi) is 4.47. The second-order valence-corrected chi connectivity index (χ2v) is 6.44. The van der Waals surface area contributed by atoms with Gasteiger partial charge in [-0.3, -0.25) is 4.79 Å². The molecule has 0 saturated carbocycles. The Hall–Kier alpha value is -2.49. The van der Waals surface area contributed by atoms with Crippen molar-refractivity contribution in [3.8, 4) is 11.5 Å². The molecule has 0 aromatic heterocycles. The van der Waals surface area contributed by atoms with Crippen molar-refractivity contribution < 1.29 is 14.6 Å². The van der Waals surface area contributed by atoms with Gasteiger partial charge in [0.2, 0.25) is 0 Å². The Labute approximate surface area is 142 Å². The molecule has 0 spiro atoms. The summed E-state index contributed by atoms with van der Waals surface area (Å²) in [5, 5.41) is 9.69. The van der Waals surface area contributed by atoms with Crippen LogP contribution in [0, 0.1) is 0 Å². The molecule has 4 nitrogen and oxygen atoms in total. The van der Waals surface area contributed by atoms with Gasteiger partial charge < -0.3 is 14.7 Å². The van der Waals surface area contributed by atoms with Gasteiger partial charge in [0.25, 0.3) is 5.91 Å². The molecular formula is C20H23NO3. The number of anilines is 1. The molecule has 2 aromatic carbocycles. The van der Waals surface area contributed by atoms with E-state index in [4.69, 9.17) is 4.74 Å².